The molecule has 1 aromatic heterocycles. The molecule has 2 rings (SSSR count). The van der Waals surface area contributed by atoms with Crippen molar-refractivity contribution < 1.29 is 0 Å². The molecular weight excluding hydrogens is 279 g/mol. The molecule has 1 aromatic rings. The molecule has 17 heavy (non-hydrogen) atoms. The van der Waals surface area contributed by atoms with Gasteiger partial charge < -0.3 is 5.73 Å². The van der Waals surface area contributed by atoms with E-state index in [1.54, 1.807) is 12.4 Å². The van der Waals surface area contributed by atoms with Crippen LogP contribution in [0.1, 0.15) is 43.7 Å². The Labute approximate surface area is 118 Å². The van der Waals surface area contributed by atoms with Crippen LogP contribution < -0.4 is 5.73 Å². The number of nitrogens with two attached hydrogens (primary N) is 1. The van der Waals surface area contributed by atoms with Crippen molar-refractivity contribution in [3.63, 3.8) is 0 Å². The Hall–Kier alpha value is -0.0200. The Morgan fingerprint density at radius 3 is 2.18 bits per heavy atom. The fraction of sp³-hybridized carbons (Fsp3) is 0.583. The summed E-state index contributed by atoms with van der Waals surface area (Å²) in [6, 6.07) is -0.0525. The van der Waals surface area contributed by atoms with E-state index < -0.39 is 0 Å². The third-order valence-electron chi connectivity index (χ3n) is 3.38. The maximum absolute atomic E-state index is 6.27. The first-order chi connectivity index (χ1) is 7.70. The summed E-state index contributed by atoms with van der Waals surface area (Å²) >= 11 is 12.2. The van der Waals surface area contributed by atoms with E-state index in [1.807, 2.05) is 0 Å². The molecule has 1 saturated carbocycles. The smallest absolute Gasteiger partial charge is 0.0652 e. The molecule has 0 spiro atoms. The minimum atomic E-state index is -0.0525. The van der Waals surface area contributed by atoms with E-state index in [2.05, 4.69) is 4.98 Å². The zero-order valence-electron chi connectivity index (χ0n) is 9.53. The molecule has 2 N–H and O–H groups in total. The van der Waals surface area contributed by atoms with Crippen LogP contribution in [0.2, 0.25) is 10.0 Å². The number of hydrogen-bond acceptors (Lipinski definition) is 2. The van der Waals surface area contributed by atoms with Crippen LogP contribution in [0.25, 0.3) is 0 Å². The first-order valence-electron chi connectivity index (χ1n) is 5.74. The Kier molecular flexibility index (Phi) is 6.01. The molecule has 0 amide bonds. The molecule has 0 bridgehead atoms. The molecule has 1 aliphatic rings. The van der Waals surface area contributed by atoms with Crippen molar-refractivity contribution in [1.82, 2.24) is 4.98 Å². The second-order valence-corrected chi connectivity index (χ2v) is 5.26. The third kappa shape index (κ3) is 3.47. The van der Waals surface area contributed by atoms with Crippen molar-refractivity contribution in [2.75, 3.05) is 0 Å². The van der Waals surface area contributed by atoms with E-state index in [0.29, 0.717) is 16.0 Å². The normalized spacial score (nSPS) is 18.5. The van der Waals surface area contributed by atoms with Gasteiger partial charge in [-0.15, -0.1) is 12.4 Å². The quantitative estimate of drug-likeness (QED) is 0.879. The van der Waals surface area contributed by atoms with Crippen LogP contribution >= 0.6 is 35.6 Å². The summed E-state index contributed by atoms with van der Waals surface area (Å²) in [6.07, 6.45) is 9.43. The second-order valence-electron chi connectivity index (χ2n) is 4.44. The third-order valence-corrected chi connectivity index (χ3v) is 3.98. The second kappa shape index (κ2) is 6.79. The summed E-state index contributed by atoms with van der Waals surface area (Å²) in [5.41, 5.74) is 7.14. The highest BCUT2D eigenvalue weighted by Gasteiger charge is 2.25. The Morgan fingerprint density at radius 1 is 1.12 bits per heavy atom. The van der Waals surface area contributed by atoms with Gasteiger partial charge in [-0.25, -0.2) is 0 Å². The predicted molar refractivity (Wildman–Crippen MR) is 75.0 cm³/mol. The lowest BCUT2D eigenvalue weighted by molar-refractivity contribution is 0.308. The van der Waals surface area contributed by atoms with Crippen molar-refractivity contribution in [2.24, 2.45) is 11.7 Å². The van der Waals surface area contributed by atoms with Crippen LogP contribution in [0.3, 0.4) is 0 Å². The molecule has 0 aliphatic heterocycles. The van der Waals surface area contributed by atoms with Gasteiger partial charge in [0.1, 0.15) is 0 Å². The zero-order valence-corrected chi connectivity index (χ0v) is 11.9. The van der Waals surface area contributed by atoms with E-state index in [9.17, 15) is 0 Å². The lowest BCUT2D eigenvalue weighted by Gasteiger charge is -2.28. The Morgan fingerprint density at radius 2 is 1.65 bits per heavy atom. The highest BCUT2D eigenvalue weighted by molar-refractivity contribution is 6.35. The van der Waals surface area contributed by atoms with E-state index in [-0.39, 0.29) is 18.4 Å². The lowest BCUT2D eigenvalue weighted by Crippen LogP contribution is -2.24. The van der Waals surface area contributed by atoms with Crippen LogP contribution in [0.4, 0.5) is 0 Å². The molecular formula is C12H17Cl3N2. The predicted octanol–water partition coefficient (Wildman–Crippen LogP) is 4.39. The van der Waals surface area contributed by atoms with E-state index in [1.165, 1.54) is 32.1 Å². The summed E-state index contributed by atoms with van der Waals surface area (Å²) in [7, 11) is 0. The summed E-state index contributed by atoms with van der Waals surface area (Å²) in [6.45, 7) is 0. The van der Waals surface area contributed by atoms with Crippen molar-refractivity contribution in [2.45, 2.75) is 38.1 Å². The van der Waals surface area contributed by atoms with Crippen molar-refractivity contribution >= 4 is 35.6 Å². The topological polar surface area (TPSA) is 38.9 Å². The molecule has 1 atom stereocenters. The largest absolute Gasteiger partial charge is 0.324 e. The Balaban J connectivity index is 0.00000144. The van der Waals surface area contributed by atoms with Gasteiger partial charge in [-0.05, 0) is 18.8 Å². The summed E-state index contributed by atoms with van der Waals surface area (Å²) in [5, 5.41) is 1.18. The number of pyridine rings is 1. The van der Waals surface area contributed by atoms with Crippen LogP contribution in [0.15, 0.2) is 12.4 Å². The van der Waals surface area contributed by atoms with Crippen LogP contribution in [-0.2, 0) is 0 Å². The zero-order chi connectivity index (χ0) is 11.5. The number of halogens is 3. The summed E-state index contributed by atoms with van der Waals surface area (Å²) in [5.74, 6) is 0.506. The fourth-order valence-electron chi connectivity index (χ4n) is 2.47. The molecule has 1 fully saturated rings. The van der Waals surface area contributed by atoms with Gasteiger partial charge in [0.05, 0.1) is 10.0 Å². The van der Waals surface area contributed by atoms with E-state index in [4.69, 9.17) is 28.9 Å². The highest BCUT2D eigenvalue weighted by Crippen LogP contribution is 2.38. The average molecular weight is 296 g/mol. The maximum atomic E-state index is 6.27. The van der Waals surface area contributed by atoms with Gasteiger partial charge >= 0.3 is 0 Å². The van der Waals surface area contributed by atoms with Crippen LogP contribution in [0, 0.1) is 5.92 Å². The van der Waals surface area contributed by atoms with Crippen LogP contribution in [0.5, 0.6) is 0 Å². The molecule has 5 heteroatoms. The van der Waals surface area contributed by atoms with Crippen LogP contribution in [-0.4, -0.2) is 4.98 Å². The monoisotopic (exact) mass is 294 g/mol. The SMILES string of the molecule is Cl.N[C@H](c1c(Cl)cncc1Cl)C1CCCCC1. The van der Waals surface area contributed by atoms with Crippen molar-refractivity contribution in [3.05, 3.63) is 28.0 Å². The highest BCUT2D eigenvalue weighted by atomic mass is 35.5. The molecule has 0 saturated heterocycles. The van der Waals surface area contributed by atoms with Gasteiger partial charge in [0, 0.05) is 24.0 Å². The van der Waals surface area contributed by atoms with Gasteiger partial charge in [0.25, 0.3) is 0 Å². The van der Waals surface area contributed by atoms with Gasteiger partial charge in [0.2, 0.25) is 0 Å². The first kappa shape index (κ1) is 15.0. The lowest BCUT2D eigenvalue weighted by atomic mass is 9.82. The van der Waals surface area contributed by atoms with Crippen molar-refractivity contribution in [3.8, 4) is 0 Å². The van der Waals surface area contributed by atoms with Crippen molar-refractivity contribution in [1.29, 1.82) is 0 Å². The number of rotatable bonds is 2. The number of hydrogen-bond donors (Lipinski definition) is 1. The van der Waals surface area contributed by atoms with Gasteiger partial charge in [-0.1, -0.05) is 42.5 Å². The van der Waals surface area contributed by atoms with Gasteiger partial charge in [-0.2, -0.15) is 0 Å². The van der Waals surface area contributed by atoms with Gasteiger partial charge in [0.15, 0.2) is 0 Å². The number of nitrogens with zero attached hydrogens (tertiary/aromatic N) is 1. The minimum Gasteiger partial charge on any atom is -0.324 e. The molecule has 96 valence electrons. The fourth-order valence-corrected chi connectivity index (χ4v) is 3.09. The summed E-state index contributed by atoms with van der Waals surface area (Å²) < 4.78 is 0. The minimum absolute atomic E-state index is 0. The molecule has 1 aliphatic carbocycles. The van der Waals surface area contributed by atoms with E-state index in [0.717, 1.165) is 5.56 Å². The molecule has 0 radical (unpaired) electrons. The average Bonchev–Trinajstić information content (AvgIpc) is 2.30. The standard InChI is InChI=1S/C12H16Cl2N2.ClH/c13-9-6-16-7-10(14)11(9)12(15)8-4-2-1-3-5-8;/h6-8,12H,1-5,15H2;1H/t12-;/m0./s1. The Bertz CT molecular complexity index is 345. The van der Waals surface area contributed by atoms with Gasteiger partial charge in [-0.3, -0.25) is 4.98 Å². The maximum Gasteiger partial charge on any atom is 0.0652 e. The molecule has 2 nitrogen and oxygen atoms in total. The first-order valence-corrected chi connectivity index (χ1v) is 6.50. The number of aromatic nitrogens is 1. The molecule has 1 heterocycles. The van der Waals surface area contributed by atoms with E-state index >= 15 is 0 Å². The molecule has 0 aromatic carbocycles. The molecule has 0 unspecified atom stereocenters. The summed E-state index contributed by atoms with van der Waals surface area (Å²) in [4.78, 5) is 3.95.